The van der Waals surface area contributed by atoms with E-state index < -0.39 is 18.2 Å². The fraction of sp³-hybridized carbons (Fsp3) is 0.219. The number of benzene rings is 3. The lowest BCUT2D eigenvalue weighted by molar-refractivity contribution is -0.274. The van der Waals surface area contributed by atoms with Gasteiger partial charge in [0.25, 0.3) is 0 Å². The first-order valence-corrected chi connectivity index (χ1v) is 15.3. The number of ether oxygens (including phenoxy) is 2. The Balaban J connectivity index is 1.25. The largest absolute Gasteiger partial charge is 0.573 e. The van der Waals surface area contributed by atoms with Crippen molar-refractivity contribution in [3.8, 4) is 17.2 Å². The number of aromatic nitrogens is 3. The normalized spacial score (nSPS) is 15.0. The van der Waals surface area contributed by atoms with Gasteiger partial charge in [-0.3, -0.25) is 9.69 Å². The molecule has 3 amide bonds. The highest BCUT2D eigenvalue weighted by Crippen LogP contribution is 2.36. The van der Waals surface area contributed by atoms with Crippen molar-refractivity contribution in [2.75, 3.05) is 16.0 Å². The van der Waals surface area contributed by atoms with Crippen molar-refractivity contribution >= 4 is 52.4 Å². The number of urea groups is 1. The van der Waals surface area contributed by atoms with Crippen LogP contribution in [0.1, 0.15) is 37.2 Å². The van der Waals surface area contributed by atoms with Crippen molar-refractivity contribution in [2.24, 2.45) is 4.99 Å². The Morgan fingerprint density at radius 2 is 1.89 bits per heavy atom. The highest BCUT2D eigenvalue weighted by molar-refractivity contribution is 8.15. The molecule has 1 aromatic heterocycles. The van der Waals surface area contributed by atoms with Gasteiger partial charge >= 0.3 is 12.4 Å². The van der Waals surface area contributed by atoms with Crippen LogP contribution in [0.5, 0.6) is 11.5 Å². The molecule has 4 aromatic rings. The van der Waals surface area contributed by atoms with Gasteiger partial charge in [-0.1, -0.05) is 36.9 Å². The van der Waals surface area contributed by atoms with E-state index in [0.29, 0.717) is 22.7 Å². The van der Waals surface area contributed by atoms with Crippen LogP contribution in [-0.2, 0) is 4.79 Å². The average Bonchev–Trinajstić information content (AvgIpc) is 3.64. The second-order valence-electron chi connectivity index (χ2n) is 10.3. The smallest absolute Gasteiger partial charge is 0.489 e. The summed E-state index contributed by atoms with van der Waals surface area (Å²) >= 11 is 1.09. The number of nitrogens with zero attached hydrogens (tertiary/aromatic N) is 5. The van der Waals surface area contributed by atoms with Gasteiger partial charge < -0.3 is 14.8 Å². The van der Waals surface area contributed by atoms with Gasteiger partial charge in [0.15, 0.2) is 11.0 Å². The zero-order chi connectivity index (χ0) is 33.7. The van der Waals surface area contributed by atoms with E-state index in [2.05, 4.69) is 25.1 Å². The first-order valence-electron chi connectivity index (χ1n) is 14.3. The van der Waals surface area contributed by atoms with Gasteiger partial charge in [-0.05, 0) is 86.0 Å². The van der Waals surface area contributed by atoms with E-state index >= 15 is 0 Å². The van der Waals surface area contributed by atoms with Gasteiger partial charge in [-0.15, -0.1) is 18.3 Å². The number of nitrogens with one attached hydrogen (secondary N) is 1. The van der Waals surface area contributed by atoms with E-state index in [1.165, 1.54) is 46.3 Å². The molecule has 0 aliphatic carbocycles. The number of thioether (sulfide) groups is 1. The lowest BCUT2D eigenvalue weighted by Crippen LogP contribution is -2.31. The Morgan fingerprint density at radius 3 is 2.60 bits per heavy atom. The van der Waals surface area contributed by atoms with Crippen molar-refractivity contribution in [3.05, 3.63) is 89.8 Å². The number of amidine groups is 1. The van der Waals surface area contributed by atoms with E-state index in [9.17, 15) is 27.2 Å². The fourth-order valence-electron chi connectivity index (χ4n) is 4.30. The molecule has 1 saturated heterocycles. The predicted octanol–water partition coefficient (Wildman–Crippen LogP) is 7.63. The van der Waals surface area contributed by atoms with Crippen LogP contribution in [0.25, 0.3) is 17.8 Å². The molecule has 2 heterocycles. The lowest BCUT2D eigenvalue weighted by Gasteiger charge is -2.22. The summed E-state index contributed by atoms with van der Waals surface area (Å²) in [6.45, 7) is 5.77. The molecule has 3 aromatic carbocycles. The number of alkyl halides is 3. The Labute approximate surface area is 271 Å². The summed E-state index contributed by atoms with van der Waals surface area (Å²) in [5.74, 6) is -0.540. The molecule has 1 aliphatic heterocycles. The maximum atomic E-state index is 15.0. The number of aryl methyl sites for hydroxylation is 1. The minimum absolute atomic E-state index is 0.0779. The van der Waals surface area contributed by atoms with E-state index in [1.54, 1.807) is 24.3 Å². The molecule has 1 unspecified atom stereocenters. The first kappa shape index (κ1) is 33.2. The fourth-order valence-corrected chi connectivity index (χ4v) is 5.16. The monoisotopic (exact) mass is 668 g/mol. The summed E-state index contributed by atoms with van der Waals surface area (Å²) in [5.41, 5.74) is 2.13. The van der Waals surface area contributed by atoms with Gasteiger partial charge in [-0.2, -0.15) is 4.99 Å². The summed E-state index contributed by atoms with van der Waals surface area (Å²) in [4.78, 5) is 35.2. The molecule has 0 spiro atoms. The number of amides is 3. The van der Waals surface area contributed by atoms with Crippen molar-refractivity contribution in [1.82, 2.24) is 14.8 Å². The SMILES string of the molecule is CCC(C)Oc1ccc(C)cc1N1C(=O)CSC1=NC(=O)Nc1ccc(C=Cc2ncn(-c3ccc(OC(F)(F)F)cc3)n2)cc1F. The summed E-state index contributed by atoms with van der Waals surface area (Å²) in [5, 5.41) is 6.81. The molecule has 244 valence electrons. The highest BCUT2D eigenvalue weighted by Gasteiger charge is 2.33. The number of anilines is 2. The van der Waals surface area contributed by atoms with Crippen LogP contribution < -0.4 is 19.7 Å². The van der Waals surface area contributed by atoms with Crippen molar-refractivity contribution in [1.29, 1.82) is 0 Å². The first-order chi connectivity index (χ1) is 22.4. The molecule has 15 heteroatoms. The van der Waals surface area contributed by atoms with Crippen LogP contribution in [0.3, 0.4) is 0 Å². The Hall–Kier alpha value is -5.18. The maximum Gasteiger partial charge on any atom is 0.573 e. The van der Waals surface area contributed by atoms with Gasteiger partial charge in [0.1, 0.15) is 23.6 Å². The Morgan fingerprint density at radius 1 is 1.13 bits per heavy atom. The van der Waals surface area contributed by atoms with Gasteiger partial charge in [0.05, 0.1) is 28.9 Å². The molecule has 1 atom stereocenters. The van der Waals surface area contributed by atoms with Gasteiger partial charge in [-0.25, -0.2) is 18.9 Å². The topological polar surface area (TPSA) is 111 Å². The molecule has 47 heavy (non-hydrogen) atoms. The van der Waals surface area contributed by atoms with Crippen LogP contribution >= 0.6 is 11.8 Å². The molecule has 0 saturated carbocycles. The van der Waals surface area contributed by atoms with Crippen molar-refractivity contribution in [2.45, 2.75) is 39.7 Å². The molecular weight excluding hydrogens is 640 g/mol. The van der Waals surface area contributed by atoms with Crippen LogP contribution in [-0.4, -0.2) is 50.1 Å². The zero-order valence-corrected chi connectivity index (χ0v) is 26.1. The van der Waals surface area contributed by atoms with E-state index in [-0.39, 0.29) is 40.2 Å². The molecule has 1 N–H and O–H groups in total. The summed E-state index contributed by atoms with van der Waals surface area (Å²) in [6.07, 6.45) is 0.300. The molecule has 0 radical (unpaired) electrons. The predicted molar refractivity (Wildman–Crippen MR) is 171 cm³/mol. The quantitative estimate of drug-likeness (QED) is 0.183. The van der Waals surface area contributed by atoms with Gasteiger partial charge in [0, 0.05) is 0 Å². The number of aliphatic imine (C=N–C) groups is 1. The average molecular weight is 669 g/mol. The number of carbonyl (C=O) groups is 2. The molecule has 0 bridgehead atoms. The number of hydrogen-bond acceptors (Lipinski definition) is 7. The Bertz CT molecular complexity index is 1840. The number of hydrogen-bond donors (Lipinski definition) is 1. The summed E-state index contributed by atoms with van der Waals surface area (Å²) in [7, 11) is 0. The third-order valence-corrected chi connectivity index (χ3v) is 7.65. The number of rotatable bonds is 9. The summed E-state index contributed by atoms with van der Waals surface area (Å²) in [6, 6.07) is 13.8. The van der Waals surface area contributed by atoms with Crippen LogP contribution in [0.4, 0.5) is 33.7 Å². The minimum Gasteiger partial charge on any atom is -0.489 e. The molecular formula is C32H28F4N6O4S. The second kappa shape index (κ2) is 14.1. The number of halogens is 4. The highest BCUT2D eigenvalue weighted by atomic mass is 32.2. The lowest BCUT2D eigenvalue weighted by atomic mass is 10.2. The van der Waals surface area contributed by atoms with Crippen molar-refractivity contribution in [3.63, 3.8) is 0 Å². The van der Waals surface area contributed by atoms with Gasteiger partial charge in [0.2, 0.25) is 5.91 Å². The molecule has 10 nitrogen and oxygen atoms in total. The standard InChI is InChI=1S/C32H28F4N6O4S/c1-4-20(3)45-27-13-5-19(2)15-26(27)42-29(43)17-47-31(42)39-30(44)38-25-12-6-21(16-24(25)33)7-14-28-37-18-41(40-28)22-8-10-23(11-9-22)46-32(34,35)36/h5-16,18,20H,4,17H2,1-3H3,(H,38,44). The third-order valence-electron chi connectivity index (χ3n) is 6.73. The van der Waals surface area contributed by atoms with Crippen LogP contribution in [0.2, 0.25) is 0 Å². The molecule has 5 rings (SSSR count). The van der Waals surface area contributed by atoms with E-state index in [0.717, 1.165) is 35.9 Å². The van der Waals surface area contributed by atoms with E-state index in [4.69, 9.17) is 4.74 Å². The molecule has 1 fully saturated rings. The third kappa shape index (κ3) is 8.55. The van der Waals surface area contributed by atoms with Crippen LogP contribution in [0, 0.1) is 12.7 Å². The Kier molecular flexibility index (Phi) is 9.94. The molecule has 1 aliphatic rings. The zero-order valence-electron chi connectivity index (χ0n) is 25.3. The van der Waals surface area contributed by atoms with E-state index in [1.807, 2.05) is 26.8 Å². The summed E-state index contributed by atoms with van der Waals surface area (Å²) < 4.78 is 63.4. The van der Waals surface area contributed by atoms with Crippen LogP contribution in [0.15, 0.2) is 72.0 Å². The van der Waals surface area contributed by atoms with Crippen molar-refractivity contribution < 1.29 is 36.6 Å². The second-order valence-corrected chi connectivity index (χ2v) is 11.3. The number of carbonyl (C=O) groups excluding carboxylic acids is 2. The maximum absolute atomic E-state index is 15.0. The minimum atomic E-state index is -4.79.